The van der Waals surface area contributed by atoms with E-state index in [0.717, 1.165) is 22.8 Å². The van der Waals surface area contributed by atoms with Crippen LogP contribution < -0.4 is 37.2 Å². The smallest absolute Gasteiger partial charge is 0.0847 e. The summed E-state index contributed by atoms with van der Waals surface area (Å²) in [6.45, 7) is 5.98. The Labute approximate surface area is 145 Å². The van der Waals surface area contributed by atoms with Crippen molar-refractivity contribution in [3.05, 3.63) is 29.1 Å². The molecule has 0 aromatic carbocycles. The second kappa shape index (κ2) is 13.0. The quantitative estimate of drug-likeness (QED) is 0.483. The maximum absolute atomic E-state index is 4.51. The van der Waals surface area contributed by atoms with Gasteiger partial charge in [-0.25, -0.2) is 4.98 Å². The molecular formula is C12H17Cl3N3V-3. The van der Waals surface area contributed by atoms with Crippen molar-refractivity contribution in [1.82, 2.24) is 4.98 Å². The van der Waals surface area contributed by atoms with Crippen molar-refractivity contribution in [1.29, 1.82) is 0 Å². The Morgan fingerprint density at radius 1 is 0.895 bits per heavy atom. The monoisotopic (exact) mass is 359 g/mol. The Bertz CT molecular complexity index is 398. The normalized spacial score (nSPS) is 10.4. The molecule has 1 heterocycles. The van der Waals surface area contributed by atoms with Crippen molar-refractivity contribution in [3.63, 3.8) is 0 Å². The van der Waals surface area contributed by atoms with Crippen LogP contribution in [0.15, 0.2) is 22.1 Å². The predicted molar refractivity (Wildman–Crippen MR) is 65.2 cm³/mol. The number of aryl methyl sites for hydroxylation is 1. The first kappa shape index (κ1) is 27.3. The van der Waals surface area contributed by atoms with Gasteiger partial charge >= 0.3 is 0 Å². The maximum atomic E-state index is 4.51. The van der Waals surface area contributed by atoms with Gasteiger partial charge in [0.1, 0.15) is 0 Å². The fraction of sp³-hybridized carbons (Fsp3) is 0.417. The van der Waals surface area contributed by atoms with Gasteiger partial charge in [-0.15, -0.1) is 0 Å². The van der Waals surface area contributed by atoms with Crippen LogP contribution in [0.3, 0.4) is 0 Å². The van der Waals surface area contributed by atoms with Crippen LogP contribution >= 0.6 is 0 Å². The van der Waals surface area contributed by atoms with Gasteiger partial charge in [-0.3, -0.25) is 9.98 Å². The van der Waals surface area contributed by atoms with Crippen LogP contribution in [0.1, 0.15) is 30.8 Å². The average molecular weight is 361 g/mol. The van der Waals surface area contributed by atoms with Crippen molar-refractivity contribution in [2.45, 2.75) is 20.8 Å². The van der Waals surface area contributed by atoms with Crippen molar-refractivity contribution in [2.75, 3.05) is 14.1 Å². The topological polar surface area (TPSA) is 37.6 Å². The fourth-order valence-corrected chi connectivity index (χ4v) is 1.27. The molecule has 0 aliphatic heterocycles. The third-order valence-corrected chi connectivity index (χ3v) is 2.38. The van der Waals surface area contributed by atoms with E-state index < -0.39 is 0 Å². The van der Waals surface area contributed by atoms with Gasteiger partial charge < -0.3 is 37.2 Å². The number of aliphatic imine (C=N–C) groups is 2. The Hall–Kier alpha value is -0.0556. The first-order valence-electron chi connectivity index (χ1n) is 4.94. The van der Waals surface area contributed by atoms with E-state index in [2.05, 4.69) is 21.9 Å². The number of nitrogens with zero attached hydrogens (tertiary/aromatic N) is 3. The number of halogens is 3. The number of rotatable bonds is 2. The van der Waals surface area contributed by atoms with Crippen molar-refractivity contribution in [2.24, 2.45) is 9.98 Å². The van der Waals surface area contributed by atoms with E-state index in [9.17, 15) is 0 Å². The molecule has 0 bridgehead atoms. The predicted octanol–water partition coefficient (Wildman–Crippen LogP) is -6.72. The van der Waals surface area contributed by atoms with Crippen LogP contribution in [-0.4, -0.2) is 30.5 Å². The summed E-state index contributed by atoms with van der Waals surface area (Å²) >= 11 is 0. The zero-order chi connectivity index (χ0) is 11.4. The molecule has 0 fully saturated rings. The van der Waals surface area contributed by atoms with Gasteiger partial charge in [0.15, 0.2) is 0 Å². The molecule has 0 atom stereocenters. The van der Waals surface area contributed by atoms with Crippen LogP contribution in [0.25, 0.3) is 0 Å². The molecule has 1 rings (SSSR count). The standard InChI is InChI=1S/C12H17N3.3ClH.V/c1-8-6-11(9(2)13-4)15-12(7-8)10(3)14-5;;;;/h6-7H,1-5H3;3*1H;/p-3. The number of pyridine rings is 1. The second-order valence-electron chi connectivity index (χ2n) is 3.53. The number of hydrogen-bond donors (Lipinski definition) is 0. The molecule has 0 N–H and O–H groups in total. The summed E-state index contributed by atoms with van der Waals surface area (Å²) in [5.41, 5.74) is 4.93. The van der Waals surface area contributed by atoms with E-state index in [1.54, 1.807) is 14.1 Å². The van der Waals surface area contributed by atoms with Gasteiger partial charge in [-0.05, 0) is 38.5 Å². The van der Waals surface area contributed by atoms with Gasteiger partial charge in [-0.1, -0.05) is 0 Å². The van der Waals surface area contributed by atoms with E-state index in [1.807, 2.05) is 26.0 Å². The summed E-state index contributed by atoms with van der Waals surface area (Å²) in [5.74, 6) is 0. The molecule has 19 heavy (non-hydrogen) atoms. The van der Waals surface area contributed by atoms with Crippen LogP contribution in [0, 0.1) is 6.92 Å². The third kappa shape index (κ3) is 7.96. The second-order valence-corrected chi connectivity index (χ2v) is 3.53. The summed E-state index contributed by atoms with van der Waals surface area (Å²) in [5, 5.41) is 0. The Balaban J connectivity index is -0.000000281. The Morgan fingerprint density at radius 2 is 1.21 bits per heavy atom. The largest absolute Gasteiger partial charge is 1.00 e. The van der Waals surface area contributed by atoms with Gasteiger partial charge in [0, 0.05) is 32.7 Å². The minimum atomic E-state index is 0. The average Bonchev–Trinajstić information content (AvgIpc) is 2.26. The van der Waals surface area contributed by atoms with Crippen LogP contribution in [0.4, 0.5) is 0 Å². The Kier molecular flexibility index (Phi) is 18.6. The maximum Gasteiger partial charge on any atom is 0.0847 e. The molecule has 109 valence electrons. The van der Waals surface area contributed by atoms with Crippen molar-refractivity contribution in [3.8, 4) is 0 Å². The molecule has 3 nitrogen and oxygen atoms in total. The molecule has 0 aliphatic carbocycles. The molecule has 0 saturated carbocycles. The van der Waals surface area contributed by atoms with Crippen molar-refractivity contribution >= 4 is 11.4 Å². The first-order chi connectivity index (χ1) is 7.08. The van der Waals surface area contributed by atoms with E-state index in [1.165, 1.54) is 5.56 Å². The van der Waals surface area contributed by atoms with Gasteiger partial charge in [0.2, 0.25) is 0 Å². The molecule has 0 amide bonds. The number of aromatic nitrogens is 1. The van der Waals surface area contributed by atoms with Gasteiger partial charge in [0.05, 0.1) is 22.8 Å². The van der Waals surface area contributed by atoms with E-state index in [-0.39, 0.29) is 55.8 Å². The molecule has 0 saturated heterocycles. The van der Waals surface area contributed by atoms with Crippen LogP contribution in [0.5, 0.6) is 0 Å². The molecular weight excluding hydrogens is 343 g/mol. The SMILES string of the molecule is CN=C(C)c1cc(C)cc(C(C)=NC)n1.[Cl-].[Cl-].[Cl-].[V]. The molecule has 7 heteroatoms. The fourth-order valence-electron chi connectivity index (χ4n) is 1.27. The van der Waals surface area contributed by atoms with Gasteiger partial charge in [-0.2, -0.15) is 0 Å². The molecule has 1 aromatic heterocycles. The summed E-state index contributed by atoms with van der Waals surface area (Å²) < 4.78 is 0. The van der Waals surface area contributed by atoms with Gasteiger partial charge in [0.25, 0.3) is 0 Å². The van der Waals surface area contributed by atoms with Crippen molar-refractivity contribution < 1.29 is 55.8 Å². The summed E-state index contributed by atoms with van der Waals surface area (Å²) in [6, 6.07) is 4.07. The molecule has 1 radical (unpaired) electrons. The minimum Gasteiger partial charge on any atom is -1.00 e. The minimum absolute atomic E-state index is 0. The Morgan fingerprint density at radius 3 is 1.47 bits per heavy atom. The summed E-state index contributed by atoms with van der Waals surface area (Å²) in [7, 11) is 3.56. The molecule has 0 spiro atoms. The van der Waals surface area contributed by atoms with Crippen LogP contribution in [0.2, 0.25) is 0 Å². The molecule has 0 aliphatic rings. The first-order valence-corrected chi connectivity index (χ1v) is 4.94. The summed E-state index contributed by atoms with van der Waals surface area (Å²) in [6.07, 6.45) is 0. The third-order valence-electron chi connectivity index (χ3n) is 2.38. The number of hydrogen-bond acceptors (Lipinski definition) is 3. The van der Waals surface area contributed by atoms with E-state index >= 15 is 0 Å². The molecule has 1 aromatic rings. The van der Waals surface area contributed by atoms with E-state index in [0.29, 0.717) is 0 Å². The zero-order valence-electron chi connectivity index (χ0n) is 11.6. The molecule has 0 unspecified atom stereocenters. The zero-order valence-corrected chi connectivity index (χ0v) is 15.2. The van der Waals surface area contributed by atoms with Crippen LogP contribution in [-0.2, 0) is 18.6 Å². The van der Waals surface area contributed by atoms with E-state index in [4.69, 9.17) is 0 Å². The summed E-state index contributed by atoms with van der Waals surface area (Å²) in [4.78, 5) is 12.8.